The number of likely N-dealkylation sites (tertiary alicyclic amines) is 1. The van der Waals surface area contributed by atoms with Crippen molar-refractivity contribution in [3.8, 4) is 0 Å². The van der Waals surface area contributed by atoms with E-state index in [1.807, 2.05) is 0 Å². The first-order chi connectivity index (χ1) is 13.4. The maximum Gasteiger partial charge on any atom is 0.257 e. The van der Waals surface area contributed by atoms with Crippen LogP contribution in [0.3, 0.4) is 0 Å². The van der Waals surface area contributed by atoms with Gasteiger partial charge in [-0.15, -0.1) is 0 Å². The summed E-state index contributed by atoms with van der Waals surface area (Å²) < 4.78 is 40.3. The molecule has 0 N–H and O–H groups in total. The first-order valence-corrected chi connectivity index (χ1v) is 9.38. The first-order valence-electron chi connectivity index (χ1n) is 9.38. The number of halogens is 3. The van der Waals surface area contributed by atoms with E-state index < -0.39 is 28.9 Å². The fraction of sp³-hybridized carbons (Fsp3) is 0.526. The number of piperazine rings is 1. The van der Waals surface area contributed by atoms with Crippen molar-refractivity contribution in [1.82, 2.24) is 14.7 Å². The molecule has 0 bridgehead atoms. The van der Waals surface area contributed by atoms with Gasteiger partial charge in [-0.2, -0.15) is 0 Å². The molecule has 1 unspecified atom stereocenters. The Hall–Kier alpha value is -2.58. The molecule has 0 spiro atoms. The number of benzene rings is 1. The minimum absolute atomic E-state index is 0.0171. The quantitative estimate of drug-likeness (QED) is 0.727. The van der Waals surface area contributed by atoms with Crippen LogP contribution in [0.1, 0.15) is 29.6 Å². The third-order valence-electron chi connectivity index (χ3n) is 5.64. The molecular weight excluding hydrogens is 375 g/mol. The van der Waals surface area contributed by atoms with Gasteiger partial charge in [-0.25, -0.2) is 13.2 Å². The number of nitrogens with zero attached hydrogens (tertiary/aromatic N) is 3. The van der Waals surface area contributed by atoms with E-state index in [1.54, 1.807) is 9.80 Å². The Morgan fingerprint density at radius 1 is 0.929 bits per heavy atom. The average Bonchev–Trinajstić information content (AvgIpc) is 3.47. The smallest absolute Gasteiger partial charge is 0.257 e. The summed E-state index contributed by atoms with van der Waals surface area (Å²) in [5.41, 5.74) is -0.528. The van der Waals surface area contributed by atoms with Crippen LogP contribution in [0.2, 0.25) is 0 Å². The molecule has 3 fully saturated rings. The number of rotatable bonds is 3. The van der Waals surface area contributed by atoms with Gasteiger partial charge in [0.05, 0.1) is 11.5 Å². The van der Waals surface area contributed by atoms with E-state index in [1.165, 1.54) is 4.90 Å². The van der Waals surface area contributed by atoms with Crippen LogP contribution in [0.4, 0.5) is 13.2 Å². The molecule has 1 aliphatic carbocycles. The maximum atomic E-state index is 13.9. The standard InChI is InChI=1S/C19H20F3N3O3/c20-14-4-3-13(16(21)17(14)22)19(28)24-7-5-23(6-8-24)18(27)11-9-15(26)25(10-11)12-1-2-12/h3-4,11-12H,1-2,5-10H2. The molecule has 9 heteroatoms. The van der Waals surface area contributed by atoms with Crippen LogP contribution in [0, 0.1) is 23.4 Å². The lowest BCUT2D eigenvalue weighted by molar-refractivity contribution is -0.137. The van der Waals surface area contributed by atoms with Crippen molar-refractivity contribution in [2.24, 2.45) is 5.92 Å². The number of amides is 3. The second-order valence-corrected chi connectivity index (χ2v) is 7.52. The van der Waals surface area contributed by atoms with Crippen LogP contribution >= 0.6 is 0 Å². The van der Waals surface area contributed by atoms with Gasteiger partial charge in [0.1, 0.15) is 0 Å². The lowest BCUT2D eigenvalue weighted by Gasteiger charge is -2.36. The van der Waals surface area contributed by atoms with Gasteiger partial charge in [0.25, 0.3) is 5.91 Å². The molecule has 2 aliphatic heterocycles. The molecule has 0 aromatic heterocycles. The Kier molecular flexibility index (Phi) is 4.76. The number of hydrogen-bond donors (Lipinski definition) is 0. The normalized spacial score (nSPS) is 22.8. The Labute approximate surface area is 159 Å². The molecule has 3 aliphatic rings. The SMILES string of the molecule is O=C(c1ccc(F)c(F)c1F)N1CCN(C(=O)C2CC(=O)N(C3CC3)C2)CC1. The highest BCUT2D eigenvalue weighted by Crippen LogP contribution is 2.33. The van der Waals surface area contributed by atoms with Gasteiger partial charge in [-0.1, -0.05) is 0 Å². The van der Waals surface area contributed by atoms with E-state index in [0.29, 0.717) is 12.6 Å². The topological polar surface area (TPSA) is 60.9 Å². The van der Waals surface area contributed by atoms with E-state index in [4.69, 9.17) is 0 Å². The van der Waals surface area contributed by atoms with Gasteiger partial charge >= 0.3 is 0 Å². The van der Waals surface area contributed by atoms with E-state index >= 15 is 0 Å². The monoisotopic (exact) mass is 395 g/mol. The lowest BCUT2D eigenvalue weighted by atomic mass is 10.1. The maximum absolute atomic E-state index is 13.9. The van der Waals surface area contributed by atoms with E-state index in [9.17, 15) is 27.6 Å². The molecule has 1 saturated carbocycles. The van der Waals surface area contributed by atoms with Crippen molar-refractivity contribution in [3.05, 3.63) is 35.1 Å². The highest BCUT2D eigenvalue weighted by Gasteiger charge is 2.43. The lowest BCUT2D eigenvalue weighted by Crippen LogP contribution is -2.52. The Morgan fingerprint density at radius 2 is 1.57 bits per heavy atom. The minimum atomic E-state index is -1.68. The second-order valence-electron chi connectivity index (χ2n) is 7.52. The molecule has 6 nitrogen and oxygen atoms in total. The van der Waals surface area contributed by atoms with Crippen LogP contribution in [0.15, 0.2) is 12.1 Å². The molecule has 28 heavy (non-hydrogen) atoms. The van der Waals surface area contributed by atoms with Crippen molar-refractivity contribution in [1.29, 1.82) is 0 Å². The predicted octanol–water partition coefficient (Wildman–Crippen LogP) is 1.40. The van der Waals surface area contributed by atoms with Crippen molar-refractivity contribution >= 4 is 17.7 Å². The summed E-state index contributed by atoms with van der Waals surface area (Å²) in [6.45, 7) is 1.28. The van der Waals surface area contributed by atoms with Crippen molar-refractivity contribution in [2.45, 2.75) is 25.3 Å². The summed E-state index contributed by atoms with van der Waals surface area (Å²) in [6.07, 6.45) is 2.20. The van der Waals surface area contributed by atoms with Crippen LogP contribution in [0.25, 0.3) is 0 Å². The molecule has 0 radical (unpaired) electrons. The number of carbonyl (C=O) groups excluding carboxylic acids is 3. The van der Waals surface area contributed by atoms with Gasteiger partial charge < -0.3 is 14.7 Å². The zero-order chi connectivity index (χ0) is 20.0. The number of hydrogen-bond acceptors (Lipinski definition) is 3. The molecular formula is C19H20F3N3O3. The second kappa shape index (κ2) is 7.10. The molecule has 3 amide bonds. The Balaban J connectivity index is 1.35. The summed E-state index contributed by atoms with van der Waals surface area (Å²) >= 11 is 0. The van der Waals surface area contributed by atoms with E-state index in [-0.39, 0.29) is 56.4 Å². The average molecular weight is 395 g/mol. The van der Waals surface area contributed by atoms with Crippen molar-refractivity contribution in [3.63, 3.8) is 0 Å². The summed E-state index contributed by atoms with van der Waals surface area (Å²) in [7, 11) is 0. The van der Waals surface area contributed by atoms with Crippen LogP contribution in [0.5, 0.6) is 0 Å². The Bertz CT molecular complexity index is 835. The van der Waals surface area contributed by atoms with Gasteiger partial charge in [0.2, 0.25) is 11.8 Å². The molecule has 2 saturated heterocycles. The molecule has 150 valence electrons. The highest BCUT2D eigenvalue weighted by atomic mass is 19.2. The van der Waals surface area contributed by atoms with Gasteiger partial charge in [0.15, 0.2) is 17.5 Å². The van der Waals surface area contributed by atoms with Gasteiger partial charge in [0, 0.05) is 45.2 Å². The largest absolute Gasteiger partial charge is 0.339 e. The van der Waals surface area contributed by atoms with Crippen LogP contribution < -0.4 is 0 Å². The molecule has 1 aromatic rings. The van der Waals surface area contributed by atoms with Crippen LogP contribution in [-0.2, 0) is 9.59 Å². The summed E-state index contributed by atoms with van der Waals surface area (Å²) in [5, 5.41) is 0. The molecule has 4 rings (SSSR count). The van der Waals surface area contributed by atoms with E-state index in [0.717, 1.165) is 18.9 Å². The van der Waals surface area contributed by atoms with Gasteiger partial charge in [-0.3, -0.25) is 14.4 Å². The zero-order valence-electron chi connectivity index (χ0n) is 15.2. The number of carbonyl (C=O) groups is 3. The molecule has 1 atom stereocenters. The molecule has 2 heterocycles. The van der Waals surface area contributed by atoms with Crippen molar-refractivity contribution < 1.29 is 27.6 Å². The van der Waals surface area contributed by atoms with Crippen molar-refractivity contribution in [2.75, 3.05) is 32.7 Å². The summed E-state index contributed by atoms with van der Waals surface area (Å²) in [6, 6.07) is 1.92. The van der Waals surface area contributed by atoms with Gasteiger partial charge in [-0.05, 0) is 25.0 Å². The first kappa shape index (κ1) is 18.8. The highest BCUT2D eigenvalue weighted by molar-refractivity contribution is 5.95. The predicted molar refractivity (Wildman–Crippen MR) is 91.6 cm³/mol. The summed E-state index contributed by atoms with van der Waals surface area (Å²) in [4.78, 5) is 41.9. The van der Waals surface area contributed by atoms with Crippen LogP contribution in [-0.4, -0.2) is 71.2 Å². The fourth-order valence-corrected chi connectivity index (χ4v) is 3.89. The summed E-state index contributed by atoms with van der Waals surface area (Å²) in [5.74, 6) is -5.72. The zero-order valence-corrected chi connectivity index (χ0v) is 15.2. The third kappa shape index (κ3) is 3.33. The Morgan fingerprint density at radius 3 is 2.21 bits per heavy atom. The molecule has 1 aromatic carbocycles. The minimum Gasteiger partial charge on any atom is -0.339 e. The van der Waals surface area contributed by atoms with E-state index in [2.05, 4.69) is 0 Å². The third-order valence-corrected chi connectivity index (χ3v) is 5.64. The fourth-order valence-electron chi connectivity index (χ4n) is 3.89.